The zero-order chi connectivity index (χ0) is 12.7. The molecule has 0 saturated carbocycles. The zero-order valence-corrected chi connectivity index (χ0v) is 10.2. The summed E-state index contributed by atoms with van der Waals surface area (Å²) in [7, 11) is 0. The monoisotopic (exact) mass is 235 g/mol. The van der Waals surface area contributed by atoms with E-state index in [1.165, 1.54) is 6.08 Å². The Morgan fingerprint density at radius 3 is 2.53 bits per heavy atom. The van der Waals surface area contributed by atoms with Crippen molar-refractivity contribution in [3.8, 4) is 11.5 Å². The van der Waals surface area contributed by atoms with Gasteiger partial charge in [-0.3, -0.25) is 4.79 Å². The van der Waals surface area contributed by atoms with Gasteiger partial charge >= 0.3 is 0 Å². The van der Waals surface area contributed by atoms with Crippen molar-refractivity contribution in [1.82, 2.24) is 0 Å². The van der Waals surface area contributed by atoms with Crippen LogP contribution in [0.1, 0.15) is 13.8 Å². The maximum Gasteiger partial charge on any atom is 0.247 e. The van der Waals surface area contributed by atoms with Crippen molar-refractivity contribution in [3.05, 3.63) is 30.9 Å². The van der Waals surface area contributed by atoms with E-state index in [2.05, 4.69) is 11.9 Å². The molecule has 0 fully saturated rings. The van der Waals surface area contributed by atoms with Crippen LogP contribution in [0.25, 0.3) is 0 Å². The molecule has 0 spiro atoms. The molecule has 0 saturated heterocycles. The molecule has 0 aliphatic rings. The number of benzene rings is 1. The van der Waals surface area contributed by atoms with E-state index in [9.17, 15) is 4.79 Å². The number of hydrogen-bond acceptors (Lipinski definition) is 3. The lowest BCUT2D eigenvalue weighted by atomic mass is 10.2. The molecular formula is C13H17NO3. The first-order valence-corrected chi connectivity index (χ1v) is 5.54. The molecule has 17 heavy (non-hydrogen) atoms. The summed E-state index contributed by atoms with van der Waals surface area (Å²) in [4.78, 5) is 11.2. The lowest BCUT2D eigenvalue weighted by Crippen LogP contribution is -2.07. The third-order valence-corrected chi connectivity index (χ3v) is 2.00. The number of carbonyl (C=O) groups excluding carboxylic acids is 1. The number of amides is 1. The minimum Gasteiger partial charge on any atom is -0.490 e. The fourth-order valence-electron chi connectivity index (χ4n) is 1.32. The summed E-state index contributed by atoms with van der Waals surface area (Å²) in [6.45, 7) is 8.30. The molecule has 0 unspecified atom stereocenters. The predicted octanol–water partition coefficient (Wildman–Crippen LogP) is 2.61. The Labute approximate surface area is 101 Å². The largest absolute Gasteiger partial charge is 0.490 e. The molecule has 0 bridgehead atoms. The minimum absolute atomic E-state index is 0.253. The van der Waals surface area contributed by atoms with Crippen LogP contribution in [0, 0.1) is 0 Å². The molecule has 92 valence electrons. The summed E-state index contributed by atoms with van der Waals surface area (Å²) < 4.78 is 10.9. The van der Waals surface area contributed by atoms with Gasteiger partial charge < -0.3 is 14.8 Å². The first-order chi connectivity index (χ1) is 8.21. The molecule has 1 rings (SSSR count). The number of hydrogen-bond donors (Lipinski definition) is 1. The van der Waals surface area contributed by atoms with Gasteiger partial charge in [-0.05, 0) is 32.1 Å². The van der Waals surface area contributed by atoms with Crippen LogP contribution >= 0.6 is 0 Å². The van der Waals surface area contributed by atoms with E-state index in [-0.39, 0.29) is 5.91 Å². The summed E-state index contributed by atoms with van der Waals surface area (Å²) in [5.74, 6) is 1.04. The minimum atomic E-state index is -0.253. The molecule has 0 radical (unpaired) electrons. The molecule has 0 heterocycles. The molecule has 0 aliphatic heterocycles. The fourth-order valence-corrected chi connectivity index (χ4v) is 1.32. The quantitative estimate of drug-likeness (QED) is 0.771. The van der Waals surface area contributed by atoms with E-state index in [1.54, 1.807) is 18.2 Å². The lowest BCUT2D eigenvalue weighted by Gasteiger charge is -2.12. The van der Waals surface area contributed by atoms with Gasteiger partial charge in [0, 0.05) is 11.8 Å². The van der Waals surface area contributed by atoms with Crippen LogP contribution in [0.3, 0.4) is 0 Å². The molecule has 0 aromatic heterocycles. The second-order valence-corrected chi connectivity index (χ2v) is 3.22. The lowest BCUT2D eigenvalue weighted by molar-refractivity contribution is -0.111. The molecular weight excluding hydrogens is 218 g/mol. The number of rotatable bonds is 6. The summed E-state index contributed by atoms with van der Waals surface area (Å²) in [5.41, 5.74) is 0.654. The molecule has 1 aromatic carbocycles. The van der Waals surface area contributed by atoms with Crippen molar-refractivity contribution in [2.45, 2.75) is 13.8 Å². The van der Waals surface area contributed by atoms with Gasteiger partial charge in [0.1, 0.15) is 0 Å². The van der Waals surface area contributed by atoms with Gasteiger partial charge in [-0.1, -0.05) is 6.58 Å². The van der Waals surface area contributed by atoms with E-state index in [0.29, 0.717) is 30.4 Å². The predicted molar refractivity (Wildman–Crippen MR) is 67.6 cm³/mol. The van der Waals surface area contributed by atoms with Gasteiger partial charge in [0.25, 0.3) is 0 Å². The normalized spacial score (nSPS) is 9.53. The highest BCUT2D eigenvalue weighted by molar-refractivity contribution is 5.99. The van der Waals surface area contributed by atoms with Crippen molar-refractivity contribution in [3.63, 3.8) is 0 Å². The van der Waals surface area contributed by atoms with E-state index in [4.69, 9.17) is 9.47 Å². The van der Waals surface area contributed by atoms with E-state index < -0.39 is 0 Å². The standard InChI is InChI=1S/C13H17NO3/c1-4-13(15)14-10-7-8-11(16-5-2)12(9-10)17-6-3/h4,7-9H,1,5-6H2,2-3H3,(H,14,15). The van der Waals surface area contributed by atoms with E-state index >= 15 is 0 Å². The van der Waals surface area contributed by atoms with E-state index in [1.807, 2.05) is 13.8 Å². The maximum atomic E-state index is 11.2. The molecule has 4 heteroatoms. The van der Waals surface area contributed by atoms with Gasteiger partial charge in [-0.15, -0.1) is 0 Å². The topological polar surface area (TPSA) is 47.6 Å². The van der Waals surface area contributed by atoms with Crippen molar-refractivity contribution >= 4 is 11.6 Å². The van der Waals surface area contributed by atoms with Crippen LogP contribution in [0.4, 0.5) is 5.69 Å². The van der Waals surface area contributed by atoms with Crippen LogP contribution in [0.5, 0.6) is 11.5 Å². The third kappa shape index (κ3) is 3.83. The number of anilines is 1. The Kier molecular flexibility index (Phi) is 5.07. The van der Waals surface area contributed by atoms with Crippen molar-refractivity contribution in [1.29, 1.82) is 0 Å². The first kappa shape index (κ1) is 13.1. The average Bonchev–Trinajstić information content (AvgIpc) is 2.33. The Bertz CT molecular complexity index is 402. The molecule has 1 amide bonds. The Hall–Kier alpha value is -1.97. The summed E-state index contributed by atoms with van der Waals surface area (Å²) in [6.07, 6.45) is 1.22. The molecule has 1 N–H and O–H groups in total. The molecule has 1 aromatic rings. The van der Waals surface area contributed by atoms with Crippen LogP contribution in [-0.4, -0.2) is 19.1 Å². The highest BCUT2D eigenvalue weighted by Crippen LogP contribution is 2.30. The van der Waals surface area contributed by atoms with Gasteiger partial charge in [0.2, 0.25) is 5.91 Å². The zero-order valence-electron chi connectivity index (χ0n) is 10.2. The van der Waals surface area contributed by atoms with E-state index in [0.717, 1.165) is 0 Å². The van der Waals surface area contributed by atoms with Crippen LogP contribution in [0.2, 0.25) is 0 Å². The van der Waals surface area contributed by atoms with Crippen LogP contribution in [-0.2, 0) is 4.79 Å². The van der Waals surface area contributed by atoms with Crippen LogP contribution < -0.4 is 14.8 Å². The Morgan fingerprint density at radius 1 is 1.29 bits per heavy atom. The highest BCUT2D eigenvalue weighted by Gasteiger charge is 2.06. The highest BCUT2D eigenvalue weighted by atomic mass is 16.5. The second-order valence-electron chi connectivity index (χ2n) is 3.22. The molecule has 0 atom stereocenters. The van der Waals surface area contributed by atoms with Crippen molar-refractivity contribution in [2.24, 2.45) is 0 Å². The number of ether oxygens (including phenoxy) is 2. The smallest absolute Gasteiger partial charge is 0.247 e. The number of carbonyl (C=O) groups is 1. The average molecular weight is 235 g/mol. The second kappa shape index (κ2) is 6.58. The Morgan fingerprint density at radius 2 is 1.94 bits per heavy atom. The molecule has 0 aliphatic carbocycles. The van der Waals surface area contributed by atoms with Gasteiger partial charge in [0.15, 0.2) is 11.5 Å². The van der Waals surface area contributed by atoms with Crippen molar-refractivity contribution < 1.29 is 14.3 Å². The maximum absolute atomic E-state index is 11.2. The summed E-state index contributed by atoms with van der Waals surface area (Å²) in [6, 6.07) is 5.26. The number of nitrogens with one attached hydrogen (secondary N) is 1. The van der Waals surface area contributed by atoms with Gasteiger partial charge in [0.05, 0.1) is 13.2 Å². The summed E-state index contributed by atoms with van der Waals surface area (Å²) >= 11 is 0. The third-order valence-electron chi connectivity index (χ3n) is 2.00. The fraction of sp³-hybridized carbons (Fsp3) is 0.308. The van der Waals surface area contributed by atoms with Crippen molar-refractivity contribution in [2.75, 3.05) is 18.5 Å². The SMILES string of the molecule is C=CC(=O)Nc1ccc(OCC)c(OCC)c1. The van der Waals surface area contributed by atoms with Gasteiger partial charge in [-0.2, -0.15) is 0 Å². The summed E-state index contributed by atoms with van der Waals surface area (Å²) in [5, 5.41) is 2.67. The Balaban J connectivity index is 2.91. The first-order valence-electron chi connectivity index (χ1n) is 5.54. The molecule has 4 nitrogen and oxygen atoms in total. The van der Waals surface area contributed by atoms with Gasteiger partial charge in [-0.25, -0.2) is 0 Å². The van der Waals surface area contributed by atoms with Crippen LogP contribution in [0.15, 0.2) is 30.9 Å².